The van der Waals surface area contributed by atoms with Gasteiger partial charge in [0, 0.05) is 12.2 Å². The van der Waals surface area contributed by atoms with Crippen molar-refractivity contribution in [1.29, 1.82) is 0 Å². The number of hydrogen-bond acceptors (Lipinski definition) is 5. The number of nitrogens with one attached hydrogen (secondary N) is 1. The van der Waals surface area contributed by atoms with E-state index in [2.05, 4.69) is 5.32 Å². The number of benzene rings is 2. The summed E-state index contributed by atoms with van der Waals surface area (Å²) in [6.45, 7) is 6.98. The minimum Gasteiger partial charge on any atom is -0.506 e. The number of carbonyl (C=O) groups excluding carboxylic acids is 3. The fraction of sp³-hybridized carbons (Fsp3) is 0.375. The smallest absolute Gasteiger partial charge is 0.261 e. The summed E-state index contributed by atoms with van der Waals surface area (Å²) in [4.78, 5) is 39.5. The quantitative estimate of drug-likeness (QED) is 0.578. The van der Waals surface area contributed by atoms with Gasteiger partial charge in [-0.3, -0.25) is 19.3 Å². The number of phenolic OH excluding ortho intramolecular Hbond substituents is 1. The molecular weight excluding hydrogens is 396 g/mol. The largest absolute Gasteiger partial charge is 0.506 e. The standard InChI is InChI=1S/C24H26N2O5/c1-24(2,3)15-7-9-20(27)19(12-15)25-21(28)14-6-8-17-18(11-14)23(30)26(22(17)29)13-16-5-4-10-31-16/h6-9,11-12,16,27H,4-5,10,13H2,1-3H3,(H,25,28)/t16-/m1/s1. The highest BCUT2D eigenvalue weighted by molar-refractivity contribution is 6.22. The van der Waals surface area contributed by atoms with Crippen molar-refractivity contribution in [3.8, 4) is 5.75 Å². The summed E-state index contributed by atoms with van der Waals surface area (Å²) in [5, 5.41) is 12.9. The average Bonchev–Trinajstić information content (AvgIpc) is 3.31. The number of anilines is 1. The Morgan fingerprint density at radius 3 is 2.55 bits per heavy atom. The SMILES string of the molecule is CC(C)(C)c1ccc(O)c(NC(=O)c2ccc3c(c2)C(=O)N(C[C@H]2CCCO2)C3=O)c1. The minimum absolute atomic E-state index is 0.0449. The first kappa shape index (κ1) is 21.1. The van der Waals surface area contributed by atoms with E-state index in [1.807, 2.05) is 26.8 Å². The zero-order valence-electron chi connectivity index (χ0n) is 17.9. The van der Waals surface area contributed by atoms with E-state index >= 15 is 0 Å². The lowest BCUT2D eigenvalue weighted by Gasteiger charge is -2.20. The van der Waals surface area contributed by atoms with E-state index in [0.717, 1.165) is 18.4 Å². The van der Waals surface area contributed by atoms with Crippen LogP contribution in [0.2, 0.25) is 0 Å². The molecule has 0 radical (unpaired) electrons. The Morgan fingerprint density at radius 2 is 1.87 bits per heavy atom. The number of amides is 3. The number of fused-ring (bicyclic) bond motifs is 1. The molecule has 2 aliphatic heterocycles. The molecule has 0 spiro atoms. The van der Waals surface area contributed by atoms with Crippen LogP contribution in [0.4, 0.5) is 5.69 Å². The van der Waals surface area contributed by atoms with Gasteiger partial charge in [0.1, 0.15) is 5.75 Å². The molecule has 0 aromatic heterocycles. The van der Waals surface area contributed by atoms with Crippen molar-refractivity contribution < 1.29 is 24.2 Å². The molecule has 4 rings (SSSR count). The molecule has 31 heavy (non-hydrogen) atoms. The average molecular weight is 422 g/mol. The van der Waals surface area contributed by atoms with Gasteiger partial charge in [-0.2, -0.15) is 0 Å². The highest BCUT2D eigenvalue weighted by Crippen LogP contribution is 2.31. The first-order chi connectivity index (χ1) is 14.6. The number of carbonyl (C=O) groups is 3. The number of rotatable bonds is 4. The molecule has 1 saturated heterocycles. The molecule has 0 bridgehead atoms. The lowest BCUT2D eigenvalue weighted by molar-refractivity contribution is 0.0475. The van der Waals surface area contributed by atoms with E-state index < -0.39 is 11.8 Å². The van der Waals surface area contributed by atoms with Crippen LogP contribution in [0.25, 0.3) is 0 Å². The predicted molar refractivity (Wildman–Crippen MR) is 116 cm³/mol. The molecule has 7 heteroatoms. The third kappa shape index (κ3) is 4.05. The molecule has 1 fully saturated rings. The van der Waals surface area contributed by atoms with Crippen molar-refractivity contribution in [2.24, 2.45) is 0 Å². The Kier molecular flexibility index (Phi) is 5.31. The Morgan fingerprint density at radius 1 is 1.13 bits per heavy atom. The van der Waals surface area contributed by atoms with Crippen LogP contribution in [-0.4, -0.2) is 47.0 Å². The van der Waals surface area contributed by atoms with Crippen LogP contribution in [-0.2, 0) is 10.2 Å². The first-order valence-corrected chi connectivity index (χ1v) is 10.4. The molecule has 162 valence electrons. The van der Waals surface area contributed by atoms with E-state index in [-0.39, 0.29) is 46.4 Å². The van der Waals surface area contributed by atoms with Gasteiger partial charge in [0.2, 0.25) is 0 Å². The zero-order valence-corrected chi connectivity index (χ0v) is 17.9. The summed E-state index contributed by atoms with van der Waals surface area (Å²) < 4.78 is 5.55. The second kappa shape index (κ2) is 7.81. The monoisotopic (exact) mass is 422 g/mol. The van der Waals surface area contributed by atoms with Gasteiger partial charge in [-0.05, 0) is 54.2 Å². The lowest BCUT2D eigenvalue weighted by Crippen LogP contribution is -2.36. The maximum Gasteiger partial charge on any atom is 0.261 e. The van der Waals surface area contributed by atoms with Gasteiger partial charge < -0.3 is 15.2 Å². The van der Waals surface area contributed by atoms with Crippen LogP contribution in [0.3, 0.4) is 0 Å². The van der Waals surface area contributed by atoms with Gasteiger partial charge in [0.15, 0.2) is 0 Å². The van der Waals surface area contributed by atoms with Crippen molar-refractivity contribution in [2.75, 3.05) is 18.5 Å². The third-order valence-electron chi connectivity index (χ3n) is 5.75. The summed E-state index contributed by atoms with van der Waals surface area (Å²) in [6, 6.07) is 9.55. The maximum atomic E-state index is 12.8. The second-order valence-corrected chi connectivity index (χ2v) is 9.05. The second-order valence-electron chi connectivity index (χ2n) is 9.05. The fourth-order valence-corrected chi connectivity index (χ4v) is 3.89. The van der Waals surface area contributed by atoms with Crippen LogP contribution in [0, 0.1) is 0 Å². The maximum absolute atomic E-state index is 12.8. The summed E-state index contributed by atoms with van der Waals surface area (Å²) in [5.74, 6) is -1.29. The molecule has 2 aliphatic rings. The molecule has 2 aromatic rings. The predicted octanol–water partition coefficient (Wildman–Crippen LogP) is 3.72. The normalized spacial score (nSPS) is 18.4. The fourth-order valence-electron chi connectivity index (χ4n) is 3.89. The van der Waals surface area contributed by atoms with Crippen LogP contribution < -0.4 is 5.32 Å². The molecule has 2 heterocycles. The van der Waals surface area contributed by atoms with Crippen LogP contribution >= 0.6 is 0 Å². The molecule has 2 aromatic carbocycles. The summed E-state index contributed by atoms with van der Waals surface area (Å²) >= 11 is 0. The number of aromatic hydroxyl groups is 1. The van der Waals surface area contributed by atoms with Gasteiger partial charge in [-0.15, -0.1) is 0 Å². The highest BCUT2D eigenvalue weighted by atomic mass is 16.5. The molecular formula is C24H26N2O5. The van der Waals surface area contributed by atoms with Gasteiger partial charge in [-0.25, -0.2) is 0 Å². The highest BCUT2D eigenvalue weighted by Gasteiger charge is 2.38. The third-order valence-corrected chi connectivity index (χ3v) is 5.75. The van der Waals surface area contributed by atoms with Crippen molar-refractivity contribution in [3.63, 3.8) is 0 Å². The molecule has 0 aliphatic carbocycles. The van der Waals surface area contributed by atoms with Crippen LogP contribution in [0.15, 0.2) is 36.4 Å². The van der Waals surface area contributed by atoms with Gasteiger partial charge in [0.05, 0.1) is 29.5 Å². The summed E-state index contributed by atoms with van der Waals surface area (Å²) in [6.07, 6.45) is 1.60. The van der Waals surface area contributed by atoms with Crippen molar-refractivity contribution in [1.82, 2.24) is 4.90 Å². The minimum atomic E-state index is -0.470. The first-order valence-electron chi connectivity index (χ1n) is 10.4. The van der Waals surface area contributed by atoms with E-state index in [9.17, 15) is 19.5 Å². The van der Waals surface area contributed by atoms with Gasteiger partial charge in [0.25, 0.3) is 17.7 Å². The van der Waals surface area contributed by atoms with Crippen LogP contribution in [0.1, 0.15) is 70.3 Å². The Bertz CT molecular complexity index is 1060. The van der Waals surface area contributed by atoms with Crippen molar-refractivity contribution in [2.45, 2.75) is 45.1 Å². The molecule has 0 saturated carbocycles. The van der Waals surface area contributed by atoms with Crippen LogP contribution in [0.5, 0.6) is 5.75 Å². The molecule has 2 N–H and O–H groups in total. The topological polar surface area (TPSA) is 95.9 Å². The van der Waals surface area contributed by atoms with E-state index in [0.29, 0.717) is 12.3 Å². The van der Waals surface area contributed by atoms with Crippen molar-refractivity contribution >= 4 is 23.4 Å². The number of nitrogens with zero attached hydrogens (tertiary/aromatic N) is 1. The van der Waals surface area contributed by atoms with Crippen molar-refractivity contribution in [3.05, 3.63) is 58.7 Å². The van der Waals surface area contributed by atoms with E-state index in [1.165, 1.54) is 23.1 Å². The van der Waals surface area contributed by atoms with Gasteiger partial charge in [-0.1, -0.05) is 26.8 Å². The zero-order chi connectivity index (χ0) is 22.3. The Labute approximate surface area is 181 Å². The molecule has 1 atom stereocenters. The summed E-state index contributed by atoms with van der Waals surface area (Å²) in [7, 11) is 0. The number of hydrogen-bond donors (Lipinski definition) is 2. The Hall–Kier alpha value is -3.19. The number of imide groups is 1. The molecule has 7 nitrogen and oxygen atoms in total. The van der Waals surface area contributed by atoms with Gasteiger partial charge >= 0.3 is 0 Å². The lowest BCUT2D eigenvalue weighted by atomic mass is 9.87. The molecule has 3 amide bonds. The Balaban J connectivity index is 1.55. The van der Waals surface area contributed by atoms with E-state index in [1.54, 1.807) is 12.1 Å². The summed E-state index contributed by atoms with van der Waals surface area (Å²) in [5.41, 5.74) is 1.83. The number of ether oxygens (including phenoxy) is 1. The van der Waals surface area contributed by atoms with E-state index in [4.69, 9.17) is 4.74 Å². The molecule has 0 unspecified atom stereocenters. The number of phenols is 1.